The molecule has 0 aromatic heterocycles. The number of piperazine rings is 1. The molecule has 1 aromatic rings. The summed E-state index contributed by atoms with van der Waals surface area (Å²) in [5.41, 5.74) is 9.03. The Morgan fingerprint density at radius 2 is 2.05 bits per heavy atom. The number of carbonyl (C=O) groups is 1. The molecule has 0 saturated carbocycles. The number of nitrogens with zero attached hydrogens (tertiary/aromatic N) is 5. The van der Waals surface area contributed by atoms with Crippen LogP contribution in [-0.4, -0.2) is 37.0 Å². The first kappa shape index (κ1) is 13.2. The molecule has 100 valence electrons. The Labute approximate surface area is 110 Å². The number of halogens is 1. The molecular weight excluding hydrogens is 249 g/mol. The number of rotatable bonds is 2. The van der Waals surface area contributed by atoms with Gasteiger partial charge in [-0.25, -0.2) is 4.39 Å². The fraction of sp³-hybridized carbons (Fsp3) is 0.417. The third-order valence-electron chi connectivity index (χ3n) is 3.16. The van der Waals surface area contributed by atoms with Crippen LogP contribution in [0, 0.1) is 5.82 Å². The van der Waals surface area contributed by atoms with Crippen LogP contribution < -0.4 is 4.90 Å². The lowest BCUT2D eigenvalue weighted by Gasteiger charge is -2.35. The molecule has 1 saturated heterocycles. The zero-order chi connectivity index (χ0) is 13.8. The summed E-state index contributed by atoms with van der Waals surface area (Å²) >= 11 is 0. The zero-order valence-electron chi connectivity index (χ0n) is 10.6. The van der Waals surface area contributed by atoms with E-state index >= 15 is 0 Å². The lowest BCUT2D eigenvalue weighted by molar-refractivity contribution is -0.129. The van der Waals surface area contributed by atoms with Crippen molar-refractivity contribution < 1.29 is 9.18 Å². The van der Waals surface area contributed by atoms with Gasteiger partial charge >= 0.3 is 0 Å². The molecule has 6 nitrogen and oxygen atoms in total. The van der Waals surface area contributed by atoms with Gasteiger partial charge in [-0.1, -0.05) is 11.2 Å². The molecule has 0 unspecified atom stereocenters. The normalized spacial score (nSPS) is 15.1. The molecule has 0 aliphatic carbocycles. The predicted octanol–water partition coefficient (Wildman–Crippen LogP) is 2.44. The van der Waals surface area contributed by atoms with Gasteiger partial charge in [-0.3, -0.25) is 4.79 Å². The highest BCUT2D eigenvalue weighted by Gasteiger charge is 2.20. The van der Waals surface area contributed by atoms with Gasteiger partial charge < -0.3 is 9.80 Å². The molecule has 1 heterocycles. The molecular formula is C12H14FN5O. The van der Waals surface area contributed by atoms with Crippen LogP contribution in [0.25, 0.3) is 10.4 Å². The number of hydrogen-bond donors (Lipinski definition) is 0. The van der Waals surface area contributed by atoms with Gasteiger partial charge in [-0.2, -0.15) is 0 Å². The number of azide groups is 1. The first-order valence-electron chi connectivity index (χ1n) is 5.97. The van der Waals surface area contributed by atoms with Crippen LogP contribution in [0.2, 0.25) is 0 Å². The molecule has 0 atom stereocenters. The average Bonchev–Trinajstić information content (AvgIpc) is 2.39. The molecule has 0 radical (unpaired) electrons. The van der Waals surface area contributed by atoms with Gasteiger partial charge in [0, 0.05) is 43.7 Å². The van der Waals surface area contributed by atoms with E-state index < -0.39 is 5.82 Å². The first-order chi connectivity index (χ1) is 9.11. The van der Waals surface area contributed by atoms with Crippen LogP contribution in [0.4, 0.5) is 15.8 Å². The van der Waals surface area contributed by atoms with Crippen molar-refractivity contribution in [2.75, 3.05) is 31.1 Å². The SMILES string of the molecule is CC(=O)N1CCN(c2ccc(N=[N+]=[N-])cc2F)CC1. The molecule has 1 aliphatic rings. The van der Waals surface area contributed by atoms with Crippen LogP contribution in [0.1, 0.15) is 6.92 Å². The lowest BCUT2D eigenvalue weighted by Crippen LogP contribution is -2.48. The minimum atomic E-state index is -0.416. The monoisotopic (exact) mass is 263 g/mol. The molecule has 1 aromatic carbocycles. The van der Waals surface area contributed by atoms with E-state index in [0.29, 0.717) is 31.9 Å². The largest absolute Gasteiger partial charge is 0.366 e. The lowest BCUT2D eigenvalue weighted by atomic mass is 10.2. The molecule has 0 spiro atoms. The molecule has 7 heteroatoms. The van der Waals surface area contributed by atoms with E-state index in [9.17, 15) is 9.18 Å². The van der Waals surface area contributed by atoms with Gasteiger partial charge in [0.05, 0.1) is 5.69 Å². The van der Waals surface area contributed by atoms with E-state index in [2.05, 4.69) is 10.0 Å². The summed E-state index contributed by atoms with van der Waals surface area (Å²) in [5, 5.41) is 3.36. The van der Waals surface area contributed by atoms with E-state index in [1.54, 1.807) is 17.0 Å². The Morgan fingerprint density at radius 3 is 2.58 bits per heavy atom. The molecule has 0 bridgehead atoms. The Hall–Kier alpha value is -2.27. The second-order valence-electron chi connectivity index (χ2n) is 4.32. The number of hydrogen-bond acceptors (Lipinski definition) is 3. The Kier molecular flexibility index (Phi) is 3.87. The Bertz CT molecular complexity index is 533. The van der Waals surface area contributed by atoms with Crippen molar-refractivity contribution in [2.24, 2.45) is 5.11 Å². The number of anilines is 1. The first-order valence-corrected chi connectivity index (χ1v) is 5.97. The highest BCUT2D eigenvalue weighted by molar-refractivity contribution is 5.73. The van der Waals surface area contributed by atoms with Crippen molar-refractivity contribution in [1.29, 1.82) is 0 Å². The molecule has 1 amide bonds. The fourth-order valence-corrected chi connectivity index (χ4v) is 2.13. The Balaban J connectivity index is 2.11. The summed E-state index contributed by atoms with van der Waals surface area (Å²) in [4.78, 5) is 17.5. The van der Waals surface area contributed by atoms with Crippen LogP contribution in [0.15, 0.2) is 23.3 Å². The van der Waals surface area contributed by atoms with Crippen molar-refractivity contribution >= 4 is 17.3 Å². The summed E-state index contributed by atoms with van der Waals surface area (Å²) < 4.78 is 13.9. The van der Waals surface area contributed by atoms with Gasteiger partial charge in [0.2, 0.25) is 5.91 Å². The summed E-state index contributed by atoms with van der Waals surface area (Å²) in [5.74, 6) is -0.375. The quantitative estimate of drug-likeness (QED) is 0.467. The summed E-state index contributed by atoms with van der Waals surface area (Å²) in [6.45, 7) is 3.90. The maximum Gasteiger partial charge on any atom is 0.219 e. The van der Waals surface area contributed by atoms with Crippen molar-refractivity contribution in [3.8, 4) is 0 Å². The van der Waals surface area contributed by atoms with Crippen molar-refractivity contribution in [1.82, 2.24) is 4.90 Å². The van der Waals surface area contributed by atoms with Gasteiger partial charge in [0.1, 0.15) is 5.82 Å². The topological polar surface area (TPSA) is 72.3 Å². The highest BCUT2D eigenvalue weighted by Crippen LogP contribution is 2.25. The maximum atomic E-state index is 13.9. The molecule has 19 heavy (non-hydrogen) atoms. The maximum absolute atomic E-state index is 13.9. The van der Waals surface area contributed by atoms with E-state index in [1.807, 2.05) is 4.90 Å². The van der Waals surface area contributed by atoms with Gasteiger partial charge in [0.25, 0.3) is 0 Å². The number of benzene rings is 1. The summed E-state index contributed by atoms with van der Waals surface area (Å²) in [7, 11) is 0. The molecule has 1 fully saturated rings. The van der Waals surface area contributed by atoms with Crippen molar-refractivity contribution in [3.63, 3.8) is 0 Å². The standard InChI is InChI=1S/C12H14FN5O/c1-9(19)17-4-6-18(7-5-17)12-3-2-10(15-16-14)8-11(12)13/h2-3,8H,4-7H2,1H3. The second-order valence-corrected chi connectivity index (χ2v) is 4.32. The van der Waals surface area contributed by atoms with E-state index in [0.717, 1.165) is 0 Å². The second kappa shape index (κ2) is 5.58. The minimum Gasteiger partial charge on any atom is -0.366 e. The van der Waals surface area contributed by atoms with Crippen LogP contribution in [0.3, 0.4) is 0 Å². The molecule has 2 rings (SSSR count). The van der Waals surface area contributed by atoms with Crippen LogP contribution in [0.5, 0.6) is 0 Å². The van der Waals surface area contributed by atoms with Gasteiger partial charge in [-0.05, 0) is 17.7 Å². The van der Waals surface area contributed by atoms with Crippen LogP contribution >= 0.6 is 0 Å². The predicted molar refractivity (Wildman–Crippen MR) is 69.7 cm³/mol. The molecule has 1 aliphatic heterocycles. The van der Waals surface area contributed by atoms with Crippen molar-refractivity contribution in [3.05, 3.63) is 34.5 Å². The van der Waals surface area contributed by atoms with E-state index in [4.69, 9.17) is 5.53 Å². The summed E-state index contributed by atoms with van der Waals surface area (Å²) in [6, 6.07) is 4.39. The van der Waals surface area contributed by atoms with Crippen molar-refractivity contribution in [2.45, 2.75) is 6.92 Å². The smallest absolute Gasteiger partial charge is 0.219 e. The zero-order valence-corrected chi connectivity index (χ0v) is 10.6. The van der Waals surface area contributed by atoms with Crippen LogP contribution in [-0.2, 0) is 4.79 Å². The Morgan fingerprint density at radius 1 is 1.37 bits per heavy atom. The highest BCUT2D eigenvalue weighted by atomic mass is 19.1. The van der Waals surface area contributed by atoms with Gasteiger partial charge in [0.15, 0.2) is 0 Å². The van der Waals surface area contributed by atoms with E-state index in [1.165, 1.54) is 13.0 Å². The number of carbonyl (C=O) groups excluding carboxylic acids is 1. The average molecular weight is 263 g/mol. The third kappa shape index (κ3) is 2.95. The summed E-state index contributed by atoms with van der Waals surface area (Å²) in [6.07, 6.45) is 0. The fourth-order valence-electron chi connectivity index (χ4n) is 2.13. The third-order valence-corrected chi connectivity index (χ3v) is 3.16. The molecule has 0 N–H and O–H groups in total. The van der Waals surface area contributed by atoms with Gasteiger partial charge in [-0.15, -0.1) is 0 Å². The number of amides is 1. The van der Waals surface area contributed by atoms with E-state index in [-0.39, 0.29) is 11.6 Å². The minimum absolute atomic E-state index is 0.0406.